The van der Waals surface area contributed by atoms with E-state index in [1.165, 1.54) is 12.1 Å². The zero-order valence-corrected chi connectivity index (χ0v) is 11.3. The summed E-state index contributed by atoms with van der Waals surface area (Å²) in [6.07, 6.45) is -4.09. The molecule has 0 unspecified atom stereocenters. The fraction of sp³-hybridized carbons (Fsp3) is 0.250. The van der Waals surface area contributed by atoms with E-state index in [2.05, 4.69) is 14.7 Å². The SMILES string of the molecule is O=C(O)c1cccc(CCNc2nc(C(F)(F)F)ns2)c1. The molecule has 0 aliphatic rings. The zero-order chi connectivity index (χ0) is 15.5. The summed E-state index contributed by atoms with van der Waals surface area (Å²) in [4.78, 5) is 14.1. The highest BCUT2D eigenvalue weighted by molar-refractivity contribution is 7.09. The Morgan fingerprint density at radius 3 is 2.76 bits per heavy atom. The summed E-state index contributed by atoms with van der Waals surface area (Å²) in [6, 6.07) is 6.35. The molecular formula is C12H10F3N3O2S. The van der Waals surface area contributed by atoms with Gasteiger partial charge in [-0.2, -0.15) is 22.5 Å². The number of carboxylic acid groups (broad SMARTS) is 1. The molecule has 0 aliphatic carbocycles. The molecule has 2 N–H and O–H groups in total. The summed E-state index contributed by atoms with van der Waals surface area (Å²) in [5.41, 5.74) is 0.936. The van der Waals surface area contributed by atoms with E-state index in [-0.39, 0.29) is 10.7 Å². The molecule has 0 spiro atoms. The summed E-state index contributed by atoms with van der Waals surface area (Å²) >= 11 is 0.633. The van der Waals surface area contributed by atoms with Gasteiger partial charge in [0, 0.05) is 18.1 Å². The zero-order valence-electron chi connectivity index (χ0n) is 10.5. The molecule has 9 heteroatoms. The number of benzene rings is 1. The average Bonchev–Trinajstić information content (AvgIpc) is 2.88. The van der Waals surface area contributed by atoms with Gasteiger partial charge in [0.1, 0.15) is 0 Å². The lowest BCUT2D eigenvalue weighted by Gasteiger charge is -2.04. The molecule has 2 aromatic rings. The third-order valence-electron chi connectivity index (χ3n) is 2.54. The van der Waals surface area contributed by atoms with Crippen LogP contribution in [-0.2, 0) is 12.6 Å². The minimum absolute atomic E-state index is 0.0803. The number of nitrogens with one attached hydrogen (secondary N) is 1. The summed E-state index contributed by atoms with van der Waals surface area (Å²) < 4.78 is 40.1. The first kappa shape index (κ1) is 15.2. The van der Waals surface area contributed by atoms with Crippen LogP contribution in [0.2, 0.25) is 0 Å². The first-order valence-electron chi connectivity index (χ1n) is 5.83. The lowest BCUT2D eigenvalue weighted by atomic mass is 10.1. The molecule has 2 rings (SSSR count). The number of alkyl halides is 3. The maximum atomic E-state index is 12.3. The van der Waals surface area contributed by atoms with Crippen molar-refractivity contribution in [2.75, 3.05) is 11.9 Å². The molecule has 0 amide bonds. The Morgan fingerprint density at radius 2 is 2.14 bits per heavy atom. The van der Waals surface area contributed by atoms with Crippen LogP contribution in [0.4, 0.5) is 18.3 Å². The van der Waals surface area contributed by atoms with Crippen LogP contribution in [0.15, 0.2) is 24.3 Å². The number of carboxylic acids is 1. The average molecular weight is 317 g/mol. The van der Waals surface area contributed by atoms with E-state index < -0.39 is 18.0 Å². The fourth-order valence-corrected chi connectivity index (χ4v) is 2.20. The van der Waals surface area contributed by atoms with Crippen LogP contribution in [0.5, 0.6) is 0 Å². The van der Waals surface area contributed by atoms with Crippen molar-refractivity contribution >= 4 is 22.6 Å². The van der Waals surface area contributed by atoms with Crippen molar-refractivity contribution in [2.24, 2.45) is 0 Å². The lowest BCUT2D eigenvalue weighted by Crippen LogP contribution is -2.09. The predicted molar refractivity (Wildman–Crippen MR) is 70.5 cm³/mol. The molecule has 0 bridgehead atoms. The van der Waals surface area contributed by atoms with Crippen LogP contribution in [0, 0.1) is 0 Å². The third-order valence-corrected chi connectivity index (χ3v) is 3.22. The quantitative estimate of drug-likeness (QED) is 0.887. The van der Waals surface area contributed by atoms with Crippen LogP contribution >= 0.6 is 11.5 Å². The molecule has 1 aromatic carbocycles. The van der Waals surface area contributed by atoms with Gasteiger partial charge < -0.3 is 10.4 Å². The molecule has 0 radical (unpaired) electrons. The van der Waals surface area contributed by atoms with Crippen LogP contribution < -0.4 is 5.32 Å². The van der Waals surface area contributed by atoms with Crippen molar-refractivity contribution in [3.63, 3.8) is 0 Å². The van der Waals surface area contributed by atoms with Gasteiger partial charge in [0.15, 0.2) is 0 Å². The largest absolute Gasteiger partial charge is 0.478 e. The highest BCUT2D eigenvalue weighted by Crippen LogP contribution is 2.28. The van der Waals surface area contributed by atoms with Crippen molar-refractivity contribution in [1.29, 1.82) is 0 Å². The first-order valence-corrected chi connectivity index (χ1v) is 6.60. The van der Waals surface area contributed by atoms with E-state index in [1.807, 2.05) is 0 Å². The Kier molecular flexibility index (Phi) is 4.41. The predicted octanol–water partition coefficient (Wildman–Crippen LogP) is 2.91. The van der Waals surface area contributed by atoms with Crippen LogP contribution in [0.1, 0.15) is 21.7 Å². The smallest absolute Gasteiger partial charge is 0.452 e. The number of aromatic carboxylic acids is 1. The first-order chi connectivity index (χ1) is 9.86. The van der Waals surface area contributed by atoms with Gasteiger partial charge in [0.25, 0.3) is 0 Å². The minimum atomic E-state index is -4.55. The van der Waals surface area contributed by atoms with Crippen molar-refractivity contribution in [1.82, 2.24) is 9.36 Å². The highest BCUT2D eigenvalue weighted by Gasteiger charge is 2.36. The van der Waals surface area contributed by atoms with Crippen LogP contribution in [0.25, 0.3) is 0 Å². The van der Waals surface area contributed by atoms with Crippen LogP contribution in [0.3, 0.4) is 0 Å². The Hall–Kier alpha value is -2.16. The van der Waals surface area contributed by atoms with Gasteiger partial charge >= 0.3 is 12.1 Å². The Morgan fingerprint density at radius 1 is 1.38 bits per heavy atom. The molecule has 1 aromatic heterocycles. The lowest BCUT2D eigenvalue weighted by molar-refractivity contribution is -0.144. The number of hydrogen-bond donors (Lipinski definition) is 2. The number of nitrogens with zero attached hydrogens (tertiary/aromatic N) is 2. The number of hydrogen-bond acceptors (Lipinski definition) is 5. The summed E-state index contributed by atoms with van der Waals surface area (Å²) in [6.45, 7) is 0.329. The number of rotatable bonds is 5. The van der Waals surface area contributed by atoms with E-state index in [0.717, 1.165) is 5.56 Å². The van der Waals surface area contributed by atoms with Gasteiger partial charge in [-0.05, 0) is 24.1 Å². The van der Waals surface area contributed by atoms with Crippen molar-refractivity contribution < 1.29 is 23.1 Å². The number of carbonyl (C=O) groups is 1. The number of aromatic nitrogens is 2. The minimum Gasteiger partial charge on any atom is -0.478 e. The van der Waals surface area contributed by atoms with Crippen molar-refractivity contribution in [2.45, 2.75) is 12.6 Å². The standard InChI is InChI=1S/C12H10F3N3O2S/c13-12(14,15)10-17-11(21-18-10)16-5-4-7-2-1-3-8(6-7)9(19)20/h1-3,6H,4-5H2,(H,19,20)(H,16,17,18). The molecule has 5 nitrogen and oxygen atoms in total. The summed E-state index contributed by atoms with van der Waals surface area (Å²) in [5, 5.41) is 11.7. The number of halogens is 3. The monoisotopic (exact) mass is 317 g/mol. The molecule has 21 heavy (non-hydrogen) atoms. The second-order valence-electron chi connectivity index (χ2n) is 4.10. The molecular weight excluding hydrogens is 307 g/mol. The molecule has 1 heterocycles. The van der Waals surface area contributed by atoms with E-state index in [4.69, 9.17) is 5.11 Å². The third kappa shape index (κ3) is 4.15. The van der Waals surface area contributed by atoms with Gasteiger partial charge in [-0.15, -0.1) is 0 Å². The second kappa shape index (κ2) is 6.08. The molecule has 0 saturated heterocycles. The fourth-order valence-electron chi connectivity index (χ4n) is 1.58. The van der Waals surface area contributed by atoms with E-state index >= 15 is 0 Å². The van der Waals surface area contributed by atoms with Gasteiger partial charge in [0.05, 0.1) is 5.56 Å². The molecule has 0 saturated carbocycles. The Bertz CT molecular complexity index is 643. The maximum Gasteiger partial charge on any atom is 0.452 e. The molecule has 0 atom stereocenters. The Balaban J connectivity index is 1.91. The Labute approximate surface area is 121 Å². The number of anilines is 1. The topological polar surface area (TPSA) is 75.1 Å². The summed E-state index contributed by atoms with van der Waals surface area (Å²) in [5.74, 6) is -2.19. The van der Waals surface area contributed by atoms with E-state index in [1.54, 1.807) is 12.1 Å². The summed E-state index contributed by atoms with van der Waals surface area (Å²) in [7, 11) is 0. The second-order valence-corrected chi connectivity index (χ2v) is 4.86. The van der Waals surface area contributed by atoms with Crippen LogP contribution in [-0.4, -0.2) is 27.0 Å². The maximum absolute atomic E-state index is 12.3. The molecule has 0 fully saturated rings. The highest BCUT2D eigenvalue weighted by atomic mass is 32.1. The van der Waals surface area contributed by atoms with Crippen molar-refractivity contribution in [3.8, 4) is 0 Å². The van der Waals surface area contributed by atoms with E-state index in [0.29, 0.717) is 24.5 Å². The molecule has 112 valence electrons. The molecule has 0 aliphatic heterocycles. The van der Waals surface area contributed by atoms with Crippen molar-refractivity contribution in [3.05, 3.63) is 41.2 Å². The van der Waals surface area contributed by atoms with E-state index in [9.17, 15) is 18.0 Å². The van der Waals surface area contributed by atoms with Gasteiger partial charge in [0.2, 0.25) is 11.0 Å². The normalized spacial score (nSPS) is 11.4. The van der Waals surface area contributed by atoms with Gasteiger partial charge in [-0.25, -0.2) is 4.79 Å². The van der Waals surface area contributed by atoms with Gasteiger partial charge in [-0.3, -0.25) is 0 Å². The van der Waals surface area contributed by atoms with Gasteiger partial charge in [-0.1, -0.05) is 12.1 Å².